The van der Waals surface area contributed by atoms with Gasteiger partial charge in [-0.3, -0.25) is 14.4 Å². The maximum atomic E-state index is 14.4. The zero-order chi connectivity index (χ0) is 28.9. The number of ketones is 3. The van der Waals surface area contributed by atoms with Crippen molar-refractivity contribution in [2.45, 2.75) is 79.4 Å². The molecule has 0 spiro atoms. The molecule has 38 heavy (non-hydrogen) atoms. The minimum absolute atomic E-state index is 0.0000234. The van der Waals surface area contributed by atoms with Gasteiger partial charge >= 0.3 is 0 Å². The van der Waals surface area contributed by atoms with Crippen LogP contribution in [0.4, 0.5) is 0 Å². The molecule has 0 heterocycles. The first kappa shape index (κ1) is 28.0. The van der Waals surface area contributed by atoms with E-state index in [0.29, 0.717) is 5.56 Å². The van der Waals surface area contributed by atoms with Crippen molar-refractivity contribution in [3.63, 3.8) is 0 Å². The molecule has 1 aromatic carbocycles. The number of carbonyl (C=O) groups is 3. The minimum atomic E-state index is -2.89. The molecule has 0 amide bonds. The fourth-order valence-electron chi connectivity index (χ4n) is 7.39. The van der Waals surface area contributed by atoms with Gasteiger partial charge in [-0.2, -0.15) is 0 Å². The Kier molecular flexibility index (Phi) is 6.10. The van der Waals surface area contributed by atoms with Gasteiger partial charge in [-0.05, 0) is 28.9 Å². The van der Waals surface area contributed by atoms with Crippen molar-refractivity contribution in [1.29, 1.82) is 0 Å². The van der Waals surface area contributed by atoms with Crippen molar-refractivity contribution >= 4 is 23.1 Å². The Labute approximate surface area is 222 Å². The third kappa shape index (κ3) is 3.19. The molecular weight excluding hydrogens is 488 g/mol. The molecule has 5 N–H and O–H groups in total. The van der Waals surface area contributed by atoms with Crippen molar-refractivity contribution in [3.05, 3.63) is 46.2 Å². The molecule has 206 valence electrons. The van der Waals surface area contributed by atoms with Crippen molar-refractivity contribution in [1.82, 2.24) is 0 Å². The number of allylic oxidation sites excluding steroid dienone is 1. The number of rotatable bonds is 3. The molecule has 8 nitrogen and oxygen atoms in total. The largest absolute Gasteiger partial charge is 0.508 e. The molecule has 3 aliphatic carbocycles. The third-order valence-corrected chi connectivity index (χ3v) is 9.32. The Balaban J connectivity index is 2.12. The number of carbonyl (C=O) groups excluding carboxylic acids is 3. The molecule has 3 aliphatic rings. The molecule has 1 aromatic rings. The van der Waals surface area contributed by atoms with Crippen molar-refractivity contribution < 1.29 is 39.9 Å². The van der Waals surface area contributed by atoms with Gasteiger partial charge in [0.05, 0.1) is 17.2 Å². The summed E-state index contributed by atoms with van der Waals surface area (Å²) in [6.07, 6.45) is -1.76. The predicted octanol–water partition coefficient (Wildman–Crippen LogP) is 4.14. The second-order valence-corrected chi connectivity index (χ2v) is 13.2. The van der Waals surface area contributed by atoms with Crippen LogP contribution >= 0.6 is 0 Å². The number of Topliss-reactive ketones (excluding diaryl/α,β-unsaturated/α-hetero) is 3. The zero-order valence-electron chi connectivity index (χ0n) is 23.2. The summed E-state index contributed by atoms with van der Waals surface area (Å²) >= 11 is 0. The Morgan fingerprint density at radius 2 is 1.66 bits per heavy atom. The van der Waals surface area contributed by atoms with E-state index in [-0.39, 0.29) is 23.3 Å². The summed E-state index contributed by atoms with van der Waals surface area (Å²) in [5, 5.41) is 57.9. The standard InChI is InChI=1S/C30H38O8/c1-13(2)20-23(34)19(17(32)12-27(4,5)6)24(35)30(38)25(36)21-22(33)18-15(10-9-11-16(18)31)14(3)28(21,7)26(37)29(20,30)8/h9-11,13-14,20,26,31,33,35,37-38H,12H2,1-8H3/t14-,20?,26-,28+,29+,30+/m1/s1. The average molecular weight is 527 g/mol. The van der Waals surface area contributed by atoms with Gasteiger partial charge < -0.3 is 25.5 Å². The molecule has 1 unspecified atom stereocenters. The van der Waals surface area contributed by atoms with Gasteiger partial charge in [0.15, 0.2) is 17.2 Å². The zero-order valence-corrected chi connectivity index (χ0v) is 23.2. The van der Waals surface area contributed by atoms with Crippen LogP contribution in [-0.2, 0) is 14.4 Å². The van der Waals surface area contributed by atoms with Crippen molar-refractivity contribution in [3.8, 4) is 5.75 Å². The predicted molar refractivity (Wildman–Crippen MR) is 140 cm³/mol. The molecule has 4 rings (SSSR count). The number of hydrogen-bond donors (Lipinski definition) is 5. The molecule has 1 fully saturated rings. The Bertz CT molecular complexity index is 1330. The molecule has 1 saturated carbocycles. The van der Waals surface area contributed by atoms with Crippen LogP contribution in [0.3, 0.4) is 0 Å². The second-order valence-electron chi connectivity index (χ2n) is 13.2. The van der Waals surface area contributed by atoms with Crippen LogP contribution in [0.1, 0.15) is 78.9 Å². The second kappa shape index (κ2) is 8.26. The molecule has 0 aromatic heterocycles. The smallest absolute Gasteiger partial charge is 0.203 e. The minimum Gasteiger partial charge on any atom is -0.508 e. The average Bonchev–Trinajstić information content (AvgIpc) is 2.78. The van der Waals surface area contributed by atoms with Gasteiger partial charge in [0.2, 0.25) is 5.78 Å². The first-order valence-electron chi connectivity index (χ1n) is 13.0. The van der Waals surface area contributed by atoms with Crippen LogP contribution in [0.2, 0.25) is 0 Å². The maximum absolute atomic E-state index is 14.4. The van der Waals surface area contributed by atoms with E-state index >= 15 is 0 Å². The lowest BCUT2D eigenvalue weighted by atomic mass is 9.40. The number of phenolic OH excluding ortho intramolecular Hbond substituents is 1. The maximum Gasteiger partial charge on any atom is 0.203 e. The van der Waals surface area contributed by atoms with Crippen LogP contribution in [0, 0.1) is 28.1 Å². The number of hydrogen-bond acceptors (Lipinski definition) is 8. The SMILES string of the molecule is CC(C)C1C(=O)C(C(=O)CC(C)(C)C)=C(O)[C@]2(O)C(=O)C3=C(O)c4c(O)cccc4[C@@H](C)[C@]3(C)[C@@H](O)[C@]12C. The highest BCUT2D eigenvalue weighted by Gasteiger charge is 2.77. The number of aliphatic hydroxyl groups excluding tert-OH is 3. The Morgan fingerprint density at radius 1 is 1.08 bits per heavy atom. The summed E-state index contributed by atoms with van der Waals surface area (Å²) in [6, 6.07) is 4.61. The van der Waals surface area contributed by atoms with E-state index in [2.05, 4.69) is 0 Å². The van der Waals surface area contributed by atoms with Crippen LogP contribution in [0.25, 0.3) is 5.76 Å². The quantitative estimate of drug-likeness (QED) is 0.369. The molecule has 0 radical (unpaired) electrons. The lowest BCUT2D eigenvalue weighted by Gasteiger charge is -2.63. The summed E-state index contributed by atoms with van der Waals surface area (Å²) in [5.41, 5.74) is -7.43. The lowest BCUT2D eigenvalue weighted by molar-refractivity contribution is -0.215. The number of phenols is 1. The molecule has 8 heteroatoms. The highest BCUT2D eigenvalue weighted by Crippen LogP contribution is 2.67. The molecule has 0 aliphatic heterocycles. The number of fused-ring (bicyclic) bond motifs is 3. The highest BCUT2D eigenvalue weighted by atomic mass is 16.4. The number of aliphatic hydroxyl groups is 4. The molecule has 0 bridgehead atoms. The Hall–Kier alpha value is -2.97. The van der Waals surface area contributed by atoms with E-state index in [9.17, 15) is 39.9 Å². The first-order valence-corrected chi connectivity index (χ1v) is 13.0. The van der Waals surface area contributed by atoms with Gasteiger partial charge in [-0.25, -0.2) is 0 Å². The normalized spacial score (nSPS) is 35.3. The first-order chi connectivity index (χ1) is 17.3. The Morgan fingerprint density at radius 3 is 2.18 bits per heavy atom. The summed E-state index contributed by atoms with van der Waals surface area (Å²) in [6.45, 7) is 13.4. The van der Waals surface area contributed by atoms with E-state index in [1.807, 2.05) is 0 Å². The van der Waals surface area contributed by atoms with E-state index in [0.717, 1.165) is 0 Å². The van der Waals surface area contributed by atoms with Gasteiger partial charge in [0.1, 0.15) is 22.8 Å². The summed E-state index contributed by atoms with van der Waals surface area (Å²) in [7, 11) is 0. The number of aromatic hydroxyl groups is 1. The van der Waals surface area contributed by atoms with E-state index < -0.39 is 80.1 Å². The van der Waals surface area contributed by atoms with E-state index in [1.165, 1.54) is 13.0 Å². The summed E-state index contributed by atoms with van der Waals surface area (Å²) in [5.74, 6) is -6.95. The van der Waals surface area contributed by atoms with E-state index in [4.69, 9.17) is 0 Å². The van der Waals surface area contributed by atoms with E-state index in [1.54, 1.807) is 60.6 Å². The van der Waals surface area contributed by atoms with Crippen LogP contribution in [-0.4, -0.2) is 54.6 Å². The number of benzene rings is 1. The van der Waals surface area contributed by atoms with Gasteiger partial charge in [0, 0.05) is 23.2 Å². The van der Waals surface area contributed by atoms with Crippen LogP contribution in [0.15, 0.2) is 35.1 Å². The van der Waals surface area contributed by atoms with Crippen LogP contribution < -0.4 is 0 Å². The van der Waals surface area contributed by atoms with Gasteiger partial charge in [-0.15, -0.1) is 0 Å². The highest BCUT2D eigenvalue weighted by molar-refractivity contribution is 6.25. The van der Waals surface area contributed by atoms with Crippen molar-refractivity contribution in [2.75, 3.05) is 0 Å². The fraction of sp³-hybridized carbons (Fsp3) is 0.567. The molecule has 6 atom stereocenters. The fourth-order valence-corrected chi connectivity index (χ4v) is 7.39. The lowest BCUT2D eigenvalue weighted by Crippen LogP contribution is -2.75. The van der Waals surface area contributed by atoms with Crippen molar-refractivity contribution in [2.24, 2.45) is 28.1 Å². The monoisotopic (exact) mass is 526 g/mol. The molecular formula is C30H38O8. The third-order valence-electron chi connectivity index (χ3n) is 9.32. The molecule has 0 saturated heterocycles. The topological polar surface area (TPSA) is 152 Å². The van der Waals surface area contributed by atoms with Crippen LogP contribution in [0.5, 0.6) is 5.75 Å². The van der Waals surface area contributed by atoms with Gasteiger partial charge in [-0.1, -0.05) is 67.5 Å². The van der Waals surface area contributed by atoms with Gasteiger partial charge in [0.25, 0.3) is 0 Å². The summed E-state index contributed by atoms with van der Waals surface area (Å²) < 4.78 is 0. The summed E-state index contributed by atoms with van der Waals surface area (Å²) in [4.78, 5) is 41.7.